The van der Waals surface area contributed by atoms with E-state index in [2.05, 4.69) is 9.71 Å². The Kier molecular flexibility index (Phi) is 4.24. The minimum atomic E-state index is -3.80. The lowest BCUT2D eigenvalue weighted by molar-refractivity contribution is 0.600. The molecule has 3 N–H and O–H groups in total. The van der Waals surface area contributed by atoms with Gasteiger partial charge in [0.1, 0.15) is 15.6 Å². The summed E-state index contributed by atoms with van der Waals surface area (Å²) in [5.74, 6) is 0. The predicted octanol–water partition coefficient (Wildman–Crippen LogP) is 2.13. The number of benzene rings is 1. The van der Waals surface area contributed by atoms with E-state index >= 15 is 0 Å². The van der Waals surface area contributed by atoms with Gasteiger partial charge in [0.05, 0.1) is 0 Å². The Morgan fingerprint density at radius 1 is 1.24 bits per heavy atom. The number of nitrogens with two attached hydrogens (primary N) is 1. The average Bonchev–Trinajstić information content (AvgIpc) is 2.42. The number of anilines is 1. The van der Waals surface area contributed by atoms with E-state index in [-0.39, 0.29) is 15.6 Å². The first kappa shape index (κ1) is 15.4. The molecule has 2 aromatic rings. The third-order valence-corrected chi connectivity index (χ3v) is 4.66. The van der Waals surface area contributed by atoms with Crippen molar-refractivity contribution in [2.24, 2.45) is 5.73 Å². The van der Waals surface area contributed by atoms with Crippen LogP contribution in [0.4, 0.5) is 5.69 Å². The molecule has 0 unspecified atom stereocenters. The van der Waals surface area contributed by atoms with Crippen molar-refractivity contribution in [2.75, 3.05) is 4.72 Å². The molecule has 0 spiro atoms. The van der Waals surface area contributed by atoms with Crippen molar-refractivity contribution in [3.05, 3.63) is 53.3 Å². The van der Waals surface area contributed by atoms with Crippen molar-refractivity contribution in [1.82, 2.24) is 4.98 Å². The van der Waals surface area contributed by atoms with Gasteiger partial charge in [0.15, 0.2) is 0 Å². The molecule has 0 aliphatic rings. The van der Waals surface area contributed by atoms with Gasteiger partial charge in [-0.15, -0.1) is 0 Å². The van der Waals surface area contributed by atoms with Gasteiger partial charge in [-0.25, -0.2) is 8.42 Å². The van der Waals surface area contributed by atoms with Crippen LogP contribution in [0.1, 0.15) is 16.8 Å². The summed E-state index contributed by atoms with van der Waals surface area (Å²) in [7, 11) is -3.80. The van der Waals surface area contributed by atoms with E-state index in [1.807, 2.05) is 19.9 Å². The molecular formula is C14H15N3O2S2. The zero-order chi connectivity index (χ0) is 15.6. The fourth-order valence-corrected chi connectivity index (χ4v) is 3.26. The summed E-state index contributed by atoms with van der Waals surface area (Å²) in [4.78, 5) is 3.84. The van der Waals surface area contributed by atoms with Crippen LogP contribution in [-0.4, -0.2) is 18.4 Å². The van der Waals surface area contributed by atoms with Crippen LogP contribution in [0.5, 0.6) is 0 Å². The summed E-state index contributed by atoms with van der Waals surface area (Å²) < 4.78 is 27.4. The largest absolute Gasteiger partial charge is 0.388 e. The molecule has 0 aliphatic carbocycles. The number of nitrogens with one attached hydrogen (secondary N) is 1. The number of sulfonamides is 1. The van der Waals surface area contributed by atoms with Crippen LogP contribution < -0.4 is 10.5 Å². The van der Waals surface area contributed by atoms with E-state index < -0.39 is 10.0 Å². The van der Waals surface area contributed by atoms with E-state index in [0.717, 1.165) is 11.1 Å². The van der Waals surface area contributed by atoms with E-state index in [0.29, 0.717) is 5.69 Å². The molecule has 0 aliphatic heterocycles. The van der Waals surface area contributed by atoms with Gasteiger partial charge in [-0.1, -0.05) is 18.3 Å². The monoisotopic (exact) mass is 321 g/mol. The fraction of sp³-hybridized carbons (Fsp3) is 0.143. The summed E-state index contributed by atoms with van der Waals surface area (Å²) in [6.07, 6.45) is 1.45. The van der Waals surface area contributed by atoms with Crippen LogP contribution in [0, 0.1) is 13.8 Å². The second-order valence-electron chi connectivity index (χ2n) is 4.62. The highest BCUT2D eigenvalue weighted by atomic mass is 32.2. The third-order valence-electron chi connectivity index (χ3n) is 3.05. The molecule has 0 fully saturated rings. The summed E-state index contributed by atoms with van der Waals surface area (Å²) >= 11 is 4.84. The van der Waals surface area contributed by atoms with Gasteiger partial charge in [0.25, 0.3) is 10.0 Å². The number of aryl methyl sites for hydroxylation is 2. The number of hydrogen-bond acceptors (Lipinski definition) is 4. The first-order valence-corrected chi connectivity index (χ1v) is 8.05. The fourth-order valence-electron chi connectivity index (χ4n) is 1.81. The molecule has 5 nitrogen and oxygen atoms in total. The van der Waals surface area contributed by atoms with E-state index in [4.69, 9.17) is 18.0 Å². The van der Waals surface area contributed by atoms with Crippen LogP contribution in [0.2, 0.25) is 0 Å². The van der Waals surface area contributed by atoms with Crippen molar-refractivity contribution in [2.45, 2.75) is 18.7 Å². The third kappa shape index (κ3) is 3.37. The topological polar surface area (TPSA) is 85.1 Å². The molecule has 1 aromatic carbocycles. The molecule has 1 heterocycles. The highest BCUT2D eigenvalue weighted by Crippen LogP contribution is 2.20. The van der Waals surface area contributed by atoms with Crippen molar-refractivity contribution >= 4 is 32.9 Å². The minimum absolute atomic E-state index is 0.0317. The second-order valence-corrected chi connectivity index (χ2v) is 6.71. The summed E-state index contributed by atoms with van der Waals surface area (Å²) in [5, 5.41) is 0. The summed E-state index contributed by atoms with van der Waals surface area (Å²) in [5.41, 5.74) is 8.18. The Labute approximate surface area is 129 Å². The van der Waals surface area contributed by atoms with Crippen LogP contribution >= 0.6 is 12.2 Å². The number of hydrogen-bond donors (Lipinski definition) is 2. The molecule has 7 heteroatoms. The van der Waals surface area contributed by atoms with Gasteiger partial charge in [-0.3, -0.25) is 9.71 Å². The lowest BCUT2D eigenvalue weighted by atomic mass is 10.1. The van der Waals surface area contributed by atoms with Crippen LogP contribution in [0.3, 0.4) is 0 Å². The highest BCUT2D eigenvalue weighted by molar-refractivity contribution is 7.93. The number of aromatic nitrogens is 1. The maximum atomic E-state index is 12.5. The van der Waals surface area contributed by atoms with E-state index in [1.54, 1.807) is 12.1 Å². The zero-order valence-electron chi connectivity index (χ0n) is 11.6. The molecule has 0 amide bonds. The predicted molar refractivity (Wildman–Crippen MR) is 86.8 cm³/mol. The maximum Gasteiger partial charge on any atom is 0.264 e. The van der Waals surface area contributed by atoms with Crippen molar-refractivity contribution in [3.8, 4) is 0 Å². The van der Waals surface area contributed by atoms with Crippen LogP contribution in [0.15, 0.2) is 41.4 Å². The second kappa shape index (κ2) is 5.79. The Hall–Kier alpha value is -1.99. The normalized spacial score (nSPS) is 11.1. The van der Waals surface area contributed by atoms with Gasteiger partial charge >= 0.3 is 0 Å². The Morgan fingerprint density at radius 2 is 1.95 bits per heavy atom. The Morgan fingerprint density at radius 3 is 2.57 bits per heavy atom. The highest BCUT2D eigenvalue weighted by Gasteiger charge is 2.20. The Bertz CT molecular complexity index is 802. The van der Waals surface area contributed by atoms with Gasteiger partial charge in [-0.05, 0) is 49.2 Å². The molecule has 0 bridgehead atoms. The average molecular weight is 321 g/mol. The van der Waals surface area contributed by atoms with Gasteiger partial charge < -0.3 is 5.73 Å². The molecule has 110 valence electrons. The van der Waals surface area contributed by atoms with Crippen molar-refractivity contribution in [1.29, 1.82) is 0 Å². The number of thiocarbonyl (C=S) groups is 1. The molecule has 0 saturated heterocycles. The molecule has 2 rings (SSSR count). The van der Waals surface area contributed by atoms with Gasteiger partial charge in [0, 0.05) is 11.9 Å². The van der Waals surface area contributed by atoms with E-state index in [9.17, 15) is 8.42 Å². The number of rotatable bonds is 4. The standard InChI is InChI=1S/C14H15N3O2S2/c1-9-5-6-11(8-10(9)2)17-21(18,19)12-4-3-7-16-13(12)14(15)20/h3-8,17H,1-2H3,(H2,15,20). The molecular weight excluding hydrogens is 306 g/mol. The van der Waals surface area contributed by atoms with Gasteiger partial charge in [0.2, 0.25) is 0 Å². The first-order chi connectivity index (χ1) is 9.81. The van der Waals surface area contributed by atoms with Crippen molar-refractivity contribution < 1.29 is 8.42 Å². The SMILES string of the molecule is Cc1ccc(NS(=O)(=O)c2cccnc2C(N)=S)cc1C. The quantitative estimate of drug-likeness (QED) is 0.843. The zero-order valence-corrected chi connectivity index (χ0v) is 13.3. The molecule has 0 radical (unpaired) electrons. The van der Waals surface area contributed by atoms with Gasteiger partial charge in [-0.2, -0.15) is 0 Å². The molecule has 1 aromatic heterocycles. The lowest BCUT2D eigenvalue weighted by Crippen LogP contribution is -2.21. The van der Waals surface area contributed by atoms with Crippen molar-refractivity contribution in [3.63, 3.8) is 0 Å². The number of pyridine rings is 1. The minimum Gasteiger partial charge on any atom is -0.388 e. The maximum absolute atomic E-state index is 12.5. The van der Waals surface area contributed by atoms with Crippen LogP contribution in [0.25, 0.3) is 0 Å². The van der Waals surface area contributed by atoms with Crippen LogP contribution in [-0.2, 0) is 10.0 Å². The summed E-state index contributed by atoms with van der Waals surface area (Å²) in [6, 6.07) is 8.27. The number of nitrogens with zero attached hydrogens (tertiary/aromatic N) is 1. The first-order valence-electron chi connectivity index (χ1n) is 6.16. The summed E-state index contributed by atoms with van der Waals surface area (Å²) in [6.45, 7) is 3.87. The molecule has 21 heavy (non-hydrogen) atoms. The van der Waals surface area contributed by atoms with E-state index in [1.165, 1.54) is 18.3 Å². The smallest absolute Gasteiger partial charge is 0.264 e. The lowest BCUT2D eigenvalue weighted by Gasteiger charge is -2.12. The molecule has 0 saturated carbocycles. The molecule has 0 atom stereocenters. The Balaban J connectivity index is 2.43.